The van der Waals surface area contributed by atoms with Crippen molar-refractivity contribution in [3.63, 3.8) is 0 Å². The molecule has 1 N–H and O–H groups in total. The van der Waals surface area contributed by atoms with Crippen molar-refractivity contribution in [2.45, 2.75) is 23.8 Å². The molecule has 0 spiro atoms. The van der Waals surface area contributed by atoms with Gasteiger partial charge in [-0.25, -0.2) is 8.42 Å². The molecule has 2 aromatic rings. The molecule has 2 aliphatic rings. The number of sulfonamides is 1. The quantitative estimate of drug-likeness (QED) is 0.851. The van der Waals surface area contributed by atoms with Gasteiger partial charge < -0.3 is 5.32 Å². The van der Waals surface area contributed by atoms with Crippen LogP contribution in [-0.4, -0.2) is 26.9 Å². The summed E-state index contributed by atoms with van der Waals surface area (Å²) in [7, 11) is -3.76. The predicted molar refractivity (Wildman–Crippen MR) is 95.3 cm³/mol. The fraction of sp³-hybridized carbons (Fsp3) is 0.235. The Morgan fingerprint density at radius 2 is 1.92 bits per heavy atom. The van der Waals surface area contributed by atoms with Gasteiger partial charge in [0.25, 0.3) is 10.0 Å². The fourth-order valence-electron chi connectivity index (χ4n) is 2.91. The molecule has 1 amide bonds. The highest BCUT2D eigenvalue weighted by atomic mass is 79.9. The molecule has 0 atom stereocenters. The first-order valence-electron chi connectivity index (χ1n) is 7.68. The normalized spacial score (nSPS) is 17.8. The zero-order valence-corrected chi connectivity index (χ0v) is 15.1. The average Bonchev–Trinajstić information content (AvgIpc) is 3.36. The van der Waals surface area contributed by atoms with E-state index < -0.39 is 10.0 Å². The minimum absolute atomic E-state index is 0.196. The Labute approximate surface area is 148 Å². The van der Waals surface area contributed by atoms with Gasteiger partial charge >= 0.3 is 0 Å². The third-order valence-electron chi connectivity index (χ3n) is 4.20. The van der Waals surface area contributed by atoms with Crippen molar-refractivity contribution in [2.24, 2.45) is 0 Å². The van der Waals surface area contributed by atoms with E-state index in [4.69, 9.17) is 0 Å². The Morgan fingerprint density at radius 3 is 2.67 bits per heavy atom. The van der Waals surface area contributed by atoms with Crippen molar-refractivity contribution in [1.29, 1.82) is 0 Å². The summed E-state index contributed by atoms with van der Waals surface area (Å²) in [4.78, 5) is 12.4. The molecule has 0 bridgehead atoms. The number of carbonyl (C=O) groups excluding carboxylic acids is 1. The standard InChI is InChI=1S/C17H15BrN2O3S/c18-11-5-8-15-14(9-11)13-3-1-2-4-16(13)24(22,23)20(15)10-17(21)19-12-6-7-12/h1-5,8-9,12H,6-7,10H2,(H,19,21). The van der Waals surface area contributed by atoms with E-state index in [1.807, 2.05) is 12.1 Å². The highest BCUT2D eigenvalue weighted by Gasteiger charge is 2.36. The molecule has 4 rings (SSSR count). The number of nitrogens with zero attached hydrogens (tertiary/aromatic N) is 1. The third-order valence-corrected chi connectivity index (χ3v) is 6.51. The van der Waals surface area contributed by atoms with E-state index in [0.717, 1.165) is 22.9 Å². The summed E-state index contributed by atoms with van der Waals surface area (Å²) in [5, 5.41) is 2.85. The van der Waals surface area contributed by atoms with Gasteiger partial charge in [-0.05, 0) is 37.1 Å². The molecule has 124 valence electrons. The molecule has 0 radical (unpaired) electrons. The molecule has 1 aliphatic carbocycles. The van der Waals surface area contributed by atoms with Gasteiger partial charge in [-0.15, -0.1) is 0 Å². The number of halogens is 1. The van der Waals surface area contributed by atoms with Crippen molar-refractivity contribution < 1.29 is 13.2 Å². The number of amides is 1. The first kappa shape index (κ1) is 15.7. The van der Waals surface area contributed by atoms with Crippen LogP contribution < -0.4 is 9.62 Å². The number of fused-ring (bicyclic) bond motifs is 3. The molecule has 1 aliphatic heterocycles. The van der Waals surface area contributed by atoms with Crippen LogP contribution >= 0.6 is 15.9 Å². The molecule has 1 heterocycles. The summed E-state index contributed by atoms with van der Waals surface area (Å²) in [6.45, 7) is -0.207. The fourth-order valence-corrected chi connectivity index (χ4v) is 4.92. The van der Waals surface area contributed by atoms with Crippen LogP contribution in [0.25, 0.3) is 11.1 Å². The summed E-state index contributed by atoms with van der Waals surface area (Å²) >= 11 is 3.44. The lowest BCUT2D eigenvalue weighted by Crippen LogP contribution is -2.43. The minimum atomic E-state index is -3.76. The van der Waals surface area contributed by atoms with Gasteiger partial charge in [0.05, 0.1) is 10.6 Å². The number of rotatable bonds is 3. The van der Waals surface area contributed by atoms with Crippen LogP contribution in [0.5, 0.6) is 0 Å². The molecule has 1 saturated carbocycles. The monoisotopic (exact) mass is 406 g/mol. The number of anilines is 1. The second-order valence-corrected chi connectivity index (χ2v) is 8.76. The van der Waals surface area contributed by atoms with E-state index in [-0.39, 0.29) is 23.4 Å². The SMILES string of the molecule is O=C(CN1c2ccc(Br)cc2-c2ccccc2S1(=O)=O)NC1CC1. The van der Waals surface area contributed by atoms with Crippen molar-refractivity contribution in [2.75, 3.05) is 10.8 Å². The maximum atomic E-state index is 13.0. The van der Waals surface area contributed by atoms with Crippen molar-refractivity contribution in [3.8, 4) is 11.1 Å². The van der Waals surface area contributed by atoms with E-state index in [9.17, 15) is 13.2 Å². The molecule has 0 unspecified atom stereocenters. The van der Waals surface area contributed by atoms with Gasteiger partial charge in [0.1, 0.15) is 6.54 Å². The lowest BCUT2D eigenvalue weighted by molar-refractivity contribution is -0.119. The molecular weight excluding hydrogens is 392 g/mol. The minimum Gasteiger partial charge on any atom is -0.352 e. The molecule has 24 heavy (non-hydrogen) atoms. The molecule has 7 heteroatoms. The number of hydrogen-bond acceptors (Lipinski definition) is 3. The molecule has 0 aromatic heterocycles. The van der Waals surface area contributed by atoms with E-state index >= 15 is 0 Å². The first-order chi connectivity index (χ1) is 11.5. The summed E-state index contributed by atoms with van der Waals surface area (Å²) in [6.07, 6.45) is 1.93. The lowest BCUT2D eigenvalue weighted by Gasteiger charge is -2.31. The topological polar surface area (TPSA) is 66.5 Å². The van der Waals surface area contributed by atoms with Gasteiger partial charge in [-0.3, -0.25) is 9.10 Å². The first-order valence-corrected chi connectivity index (χ1v) is 9.91. The molecule has 2 aromatic carbocycles. The third kappa shape index (κ3) is 2.61. The van der Waals surface area contributed by atoms with Crippen molar-refractivity contribution >= 4 is 37.5 Å². The van der Waals surface area contributed by atoms with Gasteiger partial charge in [0.15, 0.2) is 0 Å². The number of nitrogens with one attached hydrogen (secondary N) is 1. The number of benzene rings is 2. The highest BCUT2D eigenvalue weighted by Crippen LogP contribution is 2.43. The van der Waals surface area contributed by atoms with Gasteiger partial charge in [0, 0.05) is 21.6 Å². The Kier molecular flexibility index (Phi) is 3.65. The Hall–Kier alpha value is -1.86. The van der Waals surface area contributed by atoms with E-state index in [1.54, 1.807) is 30.3 Å². The van der Waals surface area contributed by atoms with E-state index in [0.29, 0.717) is 11.3 Å². The van der Waals surface area contributed by atoms with Crippen molar-refractivity contribution in [1.82, 2.24) is 5.32 Å². The zero-order chi connectivity index (χ0) is 16.9. The summed E-state index contributed by atoms with van der Waals surface area (Å²) in [5.74, 6) is -0.269. The highest BCUT2D eigenvalue weighted by molar-refractivity contribution is 9.10. The van der Waals surface area contributed by atoms with Crippen molar-refractivity contribution in [3.05, 3.63) is 46.9 Å². The van der Waals surface area contributed by atoms with Crippen LogP contribution in [-0.2, 0) is 14.8 Å². The lowest BCUT2D eigenvalue weighted by atomic mass is 10.0. The summed E-state index contributed by atoms with van der Waals surface area (Å²) in [5.41, 5.74) is 1.99. The summed E-state index contributed by atoms with van der Waals surface area (Å²) < 4.78 is 28.1. The summed E-state index contributed by atoms with van der Waals surface area (Å²) in [6, 6.07) is 12.5. The molecule has 1 fully saturated rings. The second kappa shape index (κ2) is 5.60. The molecular formula is C17H15BrN2O3S. The average molecular weight is 407 g/mol. The Balaban J connectivity index is 1.83. The van der Waals surface area contributed by atoms with Crippen LogP contribution in [0.15, 0.2) is 51.8 Å². The van der Waals surface area contributed by atoms with Crippen LogP contribution in [0.2, 0.25) is 0 Å². The van der Waals surface area contributed by atoms with Gasteiger partial charge in [-0.2, -0.15) is 0 Å². The molecule has 0 saturated heterocycles. The van der Waals surface area contributed by atoms with E-state index in [2.05, 4.69) is 21.2 Å². The smallest absolute Gasteiger partial charge is 0.265 e. The zero-order valence-electron chi connectivity index (χ0n) is 12.7. The van der Waals surface area contributed by atoms with Crippen LogP contribution in [0.4, 0.5) is 5.69 Å². The number of hydrogen-bond donors (Lipinski definition) is 1. The Bertz CT molecular complexity index is 939. The second-order valence-electron chi connectivity index (χ2n) is 6.01. The van der Waals surface area contributed by atoms with E-state index in [1.165, 1.54) is 4.31 Å². The number of carbonyl (C=O) groups is 1. The largest absolute Gasteiger partial charge is 0.352 e. The predicted octanol–water partition coefficient (Wildman–Crippen LogP) is 2.90. The Morgan fingerprint density at radius 1 is 1.17 bits per heavy atom. The van der Waals surface area contributed by atoms with Crippen LogP contribution in [0.3, 0.4) is 0 Å². The van der Waals surface area contributed by atoms with Gasteiger partial charge in [-0.1, -0.05) is 34.1 Å². The van der Waals surface area contributed by atoms with Crippen LogP contribution in [0.1, 0.15) is 12.8 Å². The molecule has 5 nitrogen and oxygen atoms in total. The maximum absolute atomic E-state index is 13.0. The van der Waals surface area contributed by atoms with Gasteiger partial charge in [0.2, 0.25) is 5.91 Å². The maximum Gasteiger partial charge on any atom is 0.265 e. The van der Waals surface area contributed by atoms with Crippen LogP contribution in [0, 0.1) is 0 Å².